The Labute approximate surface area is 126 Å². The third-order valence-corrected chi connectivity index (χ3v) is 3.52. The van der Waals surface area contributed by atoms with Crippen molar-refractivity contribution in [2.75, 3.05) is 13.7 Å². The van der Waals surface area contributed by atoms with Gasteiger partial charge in [-0.25, -0.2) is 0 Å². The van der Waals surface area contributed by atoms with Crippen LogP contribution in [0.3, 0.4) is 0 Å². The number of methoxy groups -OCH3 is 1. The molecule has 2 aromatic rings. The molecule has 0 atom stereocenters. The van der Waals surface area contributed by atoms with Crippen LogP contribution in [0.2, 0.25) is 0 Å². The molecular formula is C18H23NO2. The average Bonchev–Trinajstić information content (AvgIpc) is 2.47. The molecule has 3 nitrogen and oxygen atoms in total. The van der Waals surface area contributed by atoms with Gasteiger partial charge in [-0.3, -0.25) is 0 Å². The van der Waals surface area contributed by atoms with Gasteiger partial charge in [0.1, 0.15) is 18.1 Å². The maximum Gasteiger partial charge on any atom is 0.125 e. The lowest BCUT2D eigenvalue weighted by atomic mass is 10.1. The Bertz CT molecular complexity index is 608. The number of hydrogen-bond acceptors (Lipinski definition) is 3. The van der Waals surface area contributed by atoms with Crippen LogP contribution in [0.15, 0.2) is 36.4 Å². The molecule has 0 aromatic heterocycles. The minimum absolute atomic E-state index is 0.493. The van der Waals surface area contributed by atoms with Gasteiger partial charge in [0, 0.05) is 5.56 Å². The summed E-state index contributed by atoms with van der Waals surface area (Å²) in [5.41, 5.74) is 10.2. The highest BCUT2D eigenvalue weighted by atomic mass is 16.5. The summed E-state index contributed by atoms with van der Waals surface area (Å²) < 4.78 is 11.5. The second kappa shape index (κ2) is 7.14. The fraction of sp³-hybridized carbons (Fsp3) is 0.333. The summed E-state index contributed by atoms with van der Waals surface area (Å²) in [4.78, 5) is 0. The highest BCUT2D eigenvalue weighted by Gasteiger charge is 2.09. The summed E-state index contributed by atoms with van der Waals surface area (Å²) in [6.07, 6.45) is 0.821. The first kappa shape index (κ1) is 15.4. The lowest BCUT2D eigenvalue weighted by molar-refractivity contribution is 0.292. The molecule has 0 spiro atoms. The molecule has 0 fully saturated rings. The molecule has 0 bridgehead atoms. The maximum absolute atomic E-state index is 6.07. The van der Waals surface area contributed by atoms with E-state index in [9.17, 15) is 0 Å². The van der Waals surface area contributed by atoms with Gasteiger partial charge in [-0.05, 0) is 50.1 Å². The van der Waals surface area contributed by atoms with Gasteiger partial charge in [-0.15, -0.1) is 0 Å². The summed E-state index contributed by atoms with van der Waals surface area (Å²) in [6.45, 7) is 5.24. The molecule has 2 rings (SSSR count). The molecule has 0 radical (unpaired) electrons. The Hall–Kier alpha value is -2.00. The topological polar surface area (TPSA) is 44.5 Å². The van der Waals surface area contributed by atoms with Gasteiger partial charge in [0.25, 0.3) is 0 Å². The van der Waals surface area contributed by atoms with Crippen LogP contribution in [-0.4, -0.2) is 13.7 Å². The second-order valence-corrected chi connectivity index (χ2v) is 5.21. The Morgan fingerprint density at radius 1 is 1.05 bits per heavy atom. The molecule has 0 aliphatic rings. The first-order valence-electron chi connectivity index (χ1n) is 7.20. The van der Waals surface area contributed by atoms with E-state index in [1.807, 2.05) is 18.2 Å². The molecule has 3 heteroatoms. The van der Waals surface area contributed by atoms with Gasteiger partial charge < -0.3 is 15.2 Å². The Balaban J connectivity index is 2.22. The Morgan fingerprint density at radius 2 is 1.86 bits per heavy atom. The molecule has 2 N–H and O–H groups in total. The van der Waals surface area contributed by atoms with Crippen molar-refractivity contribution in [3.8, 4) is 11.5 Å². The van der Waals surface area contributed by atoms with Crippen molar-refractivity contribution in [3.63, 3.8) is 0 Å². The summed E-state index contributed by atoms with van der Waals surface area (Å²) in [7, 11) is 1.68. The normalized spacial score (nSPS) is 10.5. The molecule has 0 aliphatic heterocycles. The number of aryl methyl sites for hydroxylation is 2. The standard InChI is InChI=1S/C18H23NO2/c1-13-7-8-17(20-3)16(11-13)12-21-18-14(2)5-4-6-15(18)9-10-19/h4-8,11H,9-10,12,19H2,1-3H3. The first-order chi connectivity index (χ1) is 10.2. The predicted octanol–water partition coefficient (Wildman–Crippen LogP) is 3.39. The van der Waals surface area contributed by atoms with Gasteiger partial charge in [0.2, 0.25) is 0 Å². The fourth-order valence-electron chi connectivity index (χ4n) is 2.44. The number of rotatable bonds is 6. The third kappa shape index (κ3) is 3.76. The molecule has 0 heterocycles. The molecular weight excluding hydrogens is 262 g/mol. The molecule has 0 aliphatic carbocycles. The zero-order valence-electron chi connectivity index (χ0n) is 13.0. The van der Waals surface area contributed by atoms with E-state index in [1.165, 1.54) is 5.56 Å². The zero-order valence-corrected chi connectivity index (χ0v) is 13.0. The summed E-state index contributed by atoms with van der Waals surface area (Å²) in [6, 6.07) is 12.3. The summed E-state index contributed by atoms with van der Waals surface area (Å²) in [5, 5.41) is 0. The monoisotopic (exact) mass is 285 g/mol. The van der Waals surface area contributed by atoms with Gasteiger partial charge in [0.15, 0.2) is 0 Å². The first-order valence-corrected chi connectivity index (χ1v) is 7.20. The van der Waals surface area contributed by atoms with Crippen LogP contribution in [0.5, 0.6) is 11.5 Å². The summed E-state index contributed by atoms with van der Waals surface area (Å²) in [5.74, 6) is 1.79. The van der Waals surface area contributed by atoms with E-state index in [0.29, 0.717) is 13.2 Å². The SMILES string of the molecule is COc1ccc(C)cc1COc1c(C)cccc1CCN. The lowest BCUT2D eigenvalue weighted by Gasteiger charge is -2.15. The van der Waals surface area contributed by atoms with Crippen molar-refractivity contribution in [1.82, 2.24) is 0 Å². The van der Waals surface area contributed by atoms with Crippen LogP contribution in [0.1, 0.15) is 22.3 Å². The molecule has 0 unspecified atom stereocenters. The van der Waals surface area contributed by atoms with Gasteiger partial charge in [-0.2, -0.15) is 0 Å². The van der Waals surface area contributed by atoms with Gasteiger partial charge >= 0.3 is 0 Å². The summed E-state index contributed by atoms with van der Waals surface area (Å²) >= 11 is 0. The molecule has 0 saturated heterocycles. The zero-order chi connectivity index (χ0) is 15.2. The Kier molecular flexibility index (Phi) is 5.23. The number of nitrogens with two attached hydrogens (primary N) is 1. The van der Waals surface area contributed by atoms with Crippen LogP contribution < -0.4 is 15.2 Å². The smallest absolute Gasteiger partial charge is 0.125 e. The highest BCUT2D eigenvalue weighted by molar-refractivity contribution is 5.42. The van der Waals surface area contributed by atoms with Crippen LogP contribution in [-0.2, 0) is 13.0 Å². The van der Waals surface area contributed by atoms with Crippen molar-refractivity contribution in [2.45, 2.75) is 26.9 Å². The van der Waals surface area contributed by atoms with Crippen LogP contribution in [0, 0.1) is 13.8 Å². The molecule has 0 amide bonds. The van der Waals surface area contributed by atoms with Crippen molar-refractivity contribution >= 4 is 0 Å². The number of para-hydroxylation sites is 1. The molecule has 0 saturated carbocycles. The van der Waals surface area contributed by atoms with E-state index in [2.05, 4.69) is 32.0 Å². The maximum atomic E-state index is 6.07. The van der Waals surface area contributed by atoms with Crippen molar-refractivity contribution in [1.29, 1.82) is 0 Å². The largest absolute Gasteiger partial charge is 0.496 e. The highest BCUT2D eigenvalue weighted by Crippen LogP contribution is 2.27. The fourth-order valence-corrected chi connectivity index (χ4v) is 2.44. The van der Waals surface area contributed by atoms with Gasteiger partial charge in [-0.1, -0.05) is 29.8 Å². The van der Waals surface area contributed by atoms with Crippen LogP contribution in [0.25, 0.3) is 0 Å². The predicted molar refractivity (Wildman–Crippen MR) is 86.0 cm³/mol. The van der Waals surface area contributed by atoms with E-state index in [4.69, 9.17) is 15.2 Å². The van der Waals surface area contributed by atoms with E-state index < -0.39 is 0 Å². The van der Waals surface area contributed by atoms with E-state index in [0.717, 1.165) is 34.6 Å². The average molecular weight is 285 g/mol. The van der Waals surface area contributed by atoms with Crippen molar-refractivity contribution < 1.29 is 9.47 Å². The molecule has 21 heavy (non-hydrogen) atoms. The second-order valence-electron chi connectivity index (χ2n) is 5.21. The number of ether oxygens (including phenoxy) is 2. The van der Waals surface area contributed by atoms with Gasteiger partial charge in [0.05, 0.1) is 7.11 Å². The Morgan fingerprint density at radius 3 is 2.57 bits per heavy atom. The van der Waals surface area contributed by atoms with Crippen LogP contribution >= 0.6 is 0 Å². The van der Waals surface area contributed by atoms with Crippen molar-refractivity contribution in [3.05, 3.63) is 58.7 Å². The molecule has 112 valence electrons. The minimum Gasteiger partial charge on any atom is -0.496 e. The van der Waals surface area contributed by atoms with E-state index >= 15 is 0 Å². The number of benzene rings is 2. The molecule has 2 aromatic carbocycles. The lowest BCUT2D eigenvalue weighted by Crippen LogP contribution is -2.07. The van der Waals surface area contributed by atoms with E-state index in [1.54, 1.807) is 7.11 Å². The quantitative estimate of drug-likeness (QED) is 0.884. The third-order valence-electron chi connectivity index (χ3n) is 3.52. The van der Waals surface area contributed by atoms with E-state index in [-0.39, 0.29) is 0 Å². The van der Waals surface area contributed by atoms with Crippen LogP contribution in [0.4, 0.5) is 0 Å². The van der Waals surface area contributed by atoms with Crippen molar-refractivity contribution in [2.24, 2.45) is 5.73 Å². The number of hydrogen-bond donors (Lipinski definition) is 1. The minimum atomic E-state index is 0.493.